The number of nitrogens with two attached hydrogens (primary N) is 1. The van der Waals surface area contributed by atoms with E-state index in [0.29, 0.717) is 34.9 Å². The normalized spacial score (nSPS) is 11.8. The zero-order chi connectivity index (χ0) is 12.0. The average Bonchev–Trinajstić information content (AvgIpc) is 2.29. The van der Waals surface area contributed by atoms with Gasteiger partial charge in [-0.25, -0.2) is 0 Å². The largest absolute Gasteiger partial charge is 0.495 e. The van der Waals surface area contributed by atoms with E-state index in [1.807, 2.05) is 6.07 Å². The fraction of sp³-hybridized carbons (Fsp3) is 0.364. The van der Waals surface area contributed by atoms with Crippen LogP contribution in [-0.4, -0.2) is 17.1 Å². The number of nitrogens with zero attached hydrogens (tertiary/aromatic N) is 1. The number of anilines is 1. The number of rotatable bonds is 5. The van der Waals surface area contributed by atoms with Gasteiger partial charge in [0.05, 0.1) is 28.9 Å². The van der Waals surface area contributed by atoms with Crippen LogP contribution >= 0.6 is 0 Å². The van der Waals surface area contributed by atoms with Gasteiger partial charge < -0.3 is 10.5 Å². The van der Waals surface area contributed by atoms with Gasteiger partial charge in [-0.15, -0.1) is 0 Å². The lowest BCUT2D eigenvalue weighted by atomic mass is 10.3. The number of nitriles is 1. The summed E-state index contributed by atoms with van der Waals surface area (Å²) in [4.78, 5) is 0.634. The van der Waals surface area contributed by atoms with Crippen molar-refractivity contribution in [1.29, 1.82) is 5.26 Å². The quantitative estimate of drug-likeness (QED) is 0.625. The molecular weight excluding hydrogens is 224 g/mol. The average molecular weight is 238 g/mol. The molecule has 1 aromatic rings. The Balaban J connectivity index is 2.79. The highest BCUT2D eigenvalue weighted by Crippen LogP contribution is 2.25. The van der Waals surface area contributed by atoms with E-state index in [-0.39, 0.29) is 0 Å². The zero-order valence-electron chi connectivity index (χ0n) is 9.10. The third kappa shape index (κ3) is 3.24. The minimum Gasteiger partial charge on any atom is -0.495 e. The van der Waals surface area contributed by atoms with Crippen molar-refractivity contribution in [3.05, 3.63) is 18.2 Å². The van der Waals surface area contributed by atoms with Gasteiger partial charge in [-0.1, -0.05) is 0 Å². The van der Waals surface area contributed by atoms with Gasteiger partial charge in [-0.2, -0.15) is 5.26 Å². The molecule has 0 bridgehead atoms. The van der Waals surface area contributed by atoms with Crippen LogP contribution in [0.5, 0.6) is 5.75 Å². The fourth-order valence-electron chi connectivity index (χ4n) is 1.26. The Morgan fingerprint density at radius 3 is 2.94 bits per heavy atom. The van der Waals surface area contributed by atoms with E-state index in [2.05, 4.69) is 0 Å². The Bertz CT molecular complexity index is 426. The van der Waals surface area contributed by atoms with Crippen molar-refractivity contribution >= 4 is 16.5 Å². The minimum absolute atomic E-state index is 0.420. The molecule has 5 heteroatoms. The number of nitrogen functional groups attached to an aromatic ring is 1. The Kier molecular flexibility index (Phi) is 4.80. The van der Waals surface area contributed by atoms with Gasteiger partial charge in [0.2, 0.25) is 0 Å². The first kappa shape index (κ1) is 12.5. The summed E-state index contributed by atoms with van der Waals surface area (Å²) < 4.78 is 17.0. The van der Waals surface area contributed by atoms with Gasteiger partial charge in [0.15, 0.2) is 0 Å². The summed E-state index contributed by atoms with van der Waals surface area (Å²) in [5.74, 6) is 1.00. The summed E-state index contributed by atoms with van der Waals surface area (Å²) in [7, 11) is 0.382. The van der Waals surface area contributed by atoms with Gasteiger partial charge in [-0.3, -0.25) is 4.21 Å². The van der Waals surface area contributed by atoms with Crippen molar-refractivity contribution in [2.45, 2.75) is 17.7 Å². The summed E-state index contributed by atoms with van der Waals surface area (Å²) in [6, 6.07) is 7.08. The number of hydrogen-bond acceptors (Lipinski definition) is 4. The molecule has 0 amide bonds. The summed E-state index contributed by atoms with van der Waals surface area (Å²) in [5, 5.41) is 8.40. The first-order valence-corrected chi connectivity index (χ1v) is 6.19. The summed E-state index contributed by atoms with van der Waals surface area (Å²) in [6.45, 7) is 0. The van der Waals surface area contributed by atoms with Crippen LogP contribution in [0.3, 0.4) is 0 Å². The van der Waals surface area contributed by atoms with E-state index in [0.717, 1.165) is 0 Å². The van der Waals surface area contributed by atoms with Crippen molar-refractivity contribution in [2.24, 2.45) is 0 Å². The van der Waals surface area contributed by atoms with Crippen LogP contribution in [0.1, 0.15) is 12.8 Å². The van der Waals surface area contributed by atoms with Gasteiger partial charge in [0.25, 0.3) is 0 Å². The molecule has 0 heterocycles. The molecule has 0 aromatic heterocycles. The van der Waals surface area contributed by atoms with Crippen molar-refractivity contribution in [3.8, 4) is 11.8 Å². The molecule has 16 heavy (non-hydrogen) atoms. The summed E-state index contributed by atoms with van der Waals surface area (Å²) in [5.41, 5.74) is 6.18. The molecule has 0 saturated heterocycles. The molecule has 2 N–H and O–H groups in total. The number of ether oxygens (including phenoxy) is 1. The van der Waals surface area contributed by atoms with E-state index < -0.39 is 10.8 Å². The first-order valence-electron chi connectivity index (χ1n) is 4.88. The molecule has 0 radical (unpaired) electrons. The lowest BCUT2D eigenvalue weighted by Gasteiger charge is -2.08. The maximum absolute atomic E-state index is 11.9. The van der Waals surface area contributed by atoms with Crippen LogP contribution < -0.4 is 10.5 Å². The van der Waals surface area contributed by atoms with E-state index in [9.17, 15) is 4.21 Å². The van der Waals surface area contributed by atoms with Crippen LogP contribution in [0.4, 0.5) is 5.69 Å². The Morgan fingerprint density at radius 1 is 1.56 bits per heavy atom. The number of unbranched alkanes of at least 4 members (excludes halogenated alkanes) is 1. The van der Waals surface area contributed by atoms with Crippen molar-refractivity contribution < 1.29 is 8.95 Å². The van der Waals surface area contributed by atoms with Crippen LogP contribution in [0.15, 0.2) is 23.1 Å². The standard InChI is InChI=1S/C11H14N2O2S/c1-15-10-8-9(13)4-5-11(10)16(14)7-3-2-6-12/h4-5,8H,2-3,7,13H2,1H3. The molecule has 86 valence electrons. The molecular formula is C11H14N2O2S. The van der Waals surface area contributed by atoms with Gasteiger partial charge in [0.1, 0.15) is 5.75 Å². The van der Waals surface area contributed by atoms with Gasteiger partial charge >= 0.3 is 0 Å². The van der Waals surface area contributed by atoms with Crippen LogP contribution in [0, 0.1) is 11.3 Å². The topological polar surface area (TPSA) is 76.1 Å². The van der Waals surface area contributed by atoms with E-state index in [1.165, 1.54) is 7.11 Å². The molecule has 0 aliphatic heterocycles. The Hall–Kier alpha value is -1.54. The molecule has 1 unspecified atom stereocenters. The van der Waals surface area contributed by atoms with E-state index in [1.54, 1.807) is 18.2 Å². The maximum Gasteiger partial charge on any atom is 0.137 e. The van der Waals surface area contributed by atoms with E-state index >= 15 is 0 Å². The second kappa shape index (κ2) is 6.13. The molecule has 0 saturated carbocycles. The molecule has 1 atom stereocenters. The minimum atomic E-state index is -1.14. The summed E-state index contributed by atoms with van der Waals surface area (Å²) in [6.07, 6.45) is 1.04. The maximum atomic E-state index is 11.9. The van der Waals surface area contributed by atoms with Crippen LogP contribution in [0.2, 0.25) is 0 Å². The highest BCUT2D eigenvalue weighted by Gasteiger charge is 2.10. The fourth-order valence-corrected chi connectivity index (χ4v) is 2.48. The van der Waals surface area contributed by atoms with E-state index in [4.69, 9.17) is 15.7 Å². The number of methoxy groups -OCH3 is 1. The molecule has 0 spiro atoms. The smallest absolute Gasteiger partial charge is 0.137 e. The molecule has 1 rings (SSSR count). The second-order valence-corrected chi connectivity index (χ2v) is 4.76. The summed E-state index contributed by atoms with van der Waals surface area (Å²) >= 11 is 0. The highest BCUT2D eigenvalue weighted by molar-refractivity contribution is 7.85. The predicted molar refractivity (Wildman–Crippen MR) is 63.5 cm³/mol. The number of hydrogen-bond donors (Lipinski definition) is 1. The van der Waals surface area contributed by atoms with Crippen molar-refractivity contribution in [3.63, 3.8) is 0 Å². The molecule has 0 aliphatic rings. The van der Waals surface area contributed by atoms with Crippen LogP contribution in [0.25, 0.3) is 0 Å². The Morgan fingerprint density at radius 2 is 2.31 bits per heavy atom. The van der Waals surface area contributed by atoms with Gasteiger partial charge in [-0.05, 0) is 18.6 Å². The first-order chi connectivity index (χ1) is 7.69. The van der Waals surface area contributed by atoms with Crippen molar-refractivity contribution in [1.82, 2.24) is 0 Å². The Labute approximate surface area is 97.5 Å². The lowest BCUT2D eigenvalue weighted by Crippen LogP contribution is -2.01. The van der Waals surface area contributed by atoms with Crippen molar-refractivity contribution in [2.75, 3.05) is 18.6 Å². The monoisotopic (exact) mass is 238 g/mol. The molecule has 0 aliphatic carbocycles. The molecule has 1 aromatic carbocycles. The third-order valence-electron chi connectivity index (χ3n) is 2.05. The van der Waals surface area contributed by atoms with Crippen LogP contribution in [-0.2, 0) is 10.8 Å². The zero-order valence-corrected chi connectivity index (χ0v) is 9.92. The second-order valence-electron chi connectivity index (χ2n) is 3.22. The SMILES string of the molecule is COc1cc(N)ccc1S(=O)CCCC#N. The number of benzene rings is 1. The lowest BCUT2D eigenvalue weighted by molar-refractivity contribution is 0.404. The molecule has 0 fully saturated rings. The highest BCUT2D eigenvalue weighted by atomic mass is 32.2. The predicted octanol–water partition coefficient (Wildman–Crippen LogP) is 1.69. The van der Waals surface area contributed by atoms with Gasteiger partial charge in [0, 0.05) is 23.9 Å². The molecule has 4 nitrogen and oxygen atoms in total. The third-order valence-corrected chi connectivity index (χ3v) is 3.54.